The first kappa shape index (κ1) is 34.4. The number of halogens is 3. The van der Waals surface area contributed by atoms with Gasteiger partial charge in [0.05, 0.1) is 16.0 Å². The summed E-state index contributed by atoms with van der Waals surface area (Å²) in [5.74, 6) is -0.238. The van der Waals surface area contributed by atoms with Crippen LogP contribution in [0.3, 0.4) is 0 Å². The van der Waals surface area contributed by atoms with Crippen LogP contribution in [0.4, 0.5) is 23.7 Å². The molecular weight excluding hydrogens is 593 g/mol. The minimum absolute atomic E-state index is 0.0109. The number of benzene rings is 1. The number of fused-ring (bicyclic) bond motifs is 1. The number of amides is 3. The van der Waals surface area contributed by atoms with Crippen molar-refractivity contribution in [1.29, 1.82) is 0 Å². The summed E-state index contributed by atoms with van der Waals surface area (Å²) in [6.07, 6.45) is -0.307. The molecule has 4 rings (SSSR count). The Labute approximate surface area is 263 Å². The SMILES string of the molecule is CCC(=O)NCCN1C(=O)C2(CCCC2)Sc2cc(C(F)(F)F)c(CN(C(C)C)[C@@H]3CCCN(C(=O)OC(C)(C)C)C3)cc21. The molecule has 12 heteroatoms. The molecule has 0 unspecified atom stereocenters. The molecule has 1 saturated heterocycles. The normalized spacial score (nSPS) is 20.4. The second-order valence-corrected chi connectivity index (χ2v) is 14.9. The summed E-state index contributed by atoms with van der Waals surface area (Å²) in [6.45, 7) is 12.4. The van der Waals surface area contributed by atoms with Gasteiger partial charge in [0.25, 0.3) is 0 Å². The summed E-state index contributed by atoms with van der Waals surface area (Å²) >= 11 is 1.27. The van der Waals surface area contributed by atoms with E-state index in [-0.39, 0.29) is 49.1 Å². The molecule has 246 valence electrons. The molecule has 1 N–H and O–H groups in total. The maximum Gasteiger partial charge on any atom is 0.416 e. The second kappa shape index (κ2) is 13.5. The van der Waals surface area contributed by atoms with Crippen molar-refractivity contribution in [3.63, 3.8) is 0 Å². The Bertz CT molecular complexity index is 1230. The van der Waals surface area contributed by atoms with Gasteiger partial charge in [-0.1, -0.05) is 19.8 Å². The van der Waals surface area contributed by atoms with Crippen molar-refractivity contribution in [2.75, 3.05) is 31.1 Å². The Balaban J connectivity index is 1.69. The Kier molecular flexibility index (Phi) is 10.5. The zero-order chi connectivity index (χ0) is 32.4. The Morgan fingerprint density at radius 3 is 2.43 bits per heavy atom. The molecule has 1 aliphatic carbocycles. The predicted molar refractivity (Wildman–Crippen MR) is 166 cm³/mol. The average molecular weight is 641 g/mol. The topological polar surface area (TPSA) is 82.2 Å². The summed E-state index contributed by atoms with van der Waals surface area (Å²) in [6, 6.07) is 2.50. The van der Waals surface area contributed by atoms with Crippen LogP contribution in [0.5, 0.6) is 0 Å². The second-order valence-electron chi connectivity index (χ2n) is 13.4. The van der Waals surface area contributed by atoms with Crippen LogP contribution < -0.4 is 10.2 Å². The zero-order valence-corrected chi connectivity index (χ0v) is 27.6. The van der Waals surface area contributed by atoms with E-state index in [1.54, 1.807) is 37.5 Å². The van der Waals surface area contributed by atoms with Gasteiger partial charge in [0, 0.05) is 56.1 Å². The number of hydrogen-bond acceptors (Lipinski definition) is 6. The lowest BCUT2D eigenvalue weighted by Crippen LogP contribution is -2.52. The fourth-order valence-corrected chi connectivity index (χ4v) is 8.03. The van der Waals surface area contributed by atoms with E-state index in [2.05, 4.69) is 5.32 Å². The molecular formula is C32H47F3N4O4S. The van der Waals surface area contributed by atoms with E-state index >= 15 is 0 Å². The lowest BCUT2D eigenvalue weighted by Gasteiger charge is -2.43. The average Bonchev–Trinajstić information content (AvgIpc) is 3.41. The number of carbonyl (C=O) groups is 3. The lowest BCUT2D eigenvalue weighted by atomic mass is 9.98. The highest BCUT2D eigenvalue weighted by molar-refractivity contribution is 8.01. The van der Waals surface area contributed by atoms with Gasteiger partial charge in [-0.15, -0.1) is 11.8 Å². The number of hydrogen-bond donors (Lipinski definition) is 1. The third-order valence-corrected chi connectivity index (χ3v) is 10.2. The van der Waals surface area contributed by atoms with Crippen LogP contribution in [0.2, 0.25) is 0 Å². The molecule has 3 aliphatic rings. The van der Waals surface area contributed by atoms with Crippen molar-refractivity contribution in [3.05, 3.63) is 23.3 Å². The van der Waals surface area contributed by atoms with Crippen LogP contribution in [-0.4, -0.2) is 76.3 Å². The van der Waals surface area contributed by atoms with Crippen LogP contribution in [0.15, 0.2) is 17.0 Å². The van der Waals surface area contributed by atoms with E-state index in [0.29, 0.717) is 49.4 Å². The molecule has 44 heavy (non-hydrogen) atoms. The monoisotopic (exact) mass is 640 g/mol. The molecule has 1 spiro atoms. The van der Waals surface area contributed by atoms with Gasteiger partial charge in [0.1, 0.15) is 5.60 Å². The number of ether oxygens (including phenoxy) is 1. The Hall–Kier alpha value is -2.47. The van der Waals surface area contributed by atoms with E-state index < -0.39 is 28.2 Å². The lowest BCUT2D eigenvalue weighted by molar-refractivity contribution is -0.138. The van der Waals surface area contributed by atoms with Gasteiger partial charge in [-0.3, -0.25) is 14.5 Å². The van der Waals surface area contributed by atoms with Gasteiger partial charge in [-0.25, -0.2) is 4.79 Å². The number of likely N-dealkylation sites (tertiary alicyclic amines) is 1. The molecule has 1 aromatic rings. The largest absolute Gasteiger partial charge is 0.444 e. The highest BCUT2D eigenvalue weighted by Gasteiger charge is 2.49. The molecule has 2 aliphatic heterocycles. The van der Waals surface area contributed by atoms with Crippen molar-refractivity contribution in [2.45, 2.75) is 127 Å². The van der Waals surface area contributed by atoms with E-state index in [0.717, 1.165) is 19.3 Å². The highest BCUT2D eigenvalue weighted by Crippen LogP contribution is 2.54. The molecule has 1 aromatic carbocycles. The smallest absolute Gasteiger partial charge is 0.416 e. The van der Waals surface area contributed by atoms with Crippen LogP contribution in [0.25, 0.3) is 0 Å². The van der Waals surface area contributed by atoms with Gasteiger partial charge in [-0.05, 0) is 78.0 Å². The van der Waals surface area contributed by atoms with Crippen molar-refractivity contribution >= 4 is 35.4 Å². The molecule has 1 saturated carbocycles. The third kappa shape index (κ3) is 7.84. The van der Waals surface area contributed by atoms with Crippen molar-refractivity contribution < 1.29 is 32.3 Å². The number of rotatable bonds is 8. The number of anilines is 1. The first-order valence-electron chi connectivity index (χ1n) is 15.8. The van der Waals surface area contributed by atoms with Crippen LogP contribution in [0.1, 0.15) is 97.6 Å². The number of nitrogens with zero attached hydrogens (tertiary/aromatic N) is 3. The van der Waals surface area contributed by atoms with Crippen molar-refractivity contribution in [2.24, 2.45) is 0 Å². The molecule has 2 heterocycles. The predicted octanol–water partition coefficient (Wildman–Crippen LogP) is 6.59. The number of thioether (sulfide) groups is 1. The number of alkyl halides is 3. The van der Waals surface area contributed by atoms with Gasteiger partial charge < -0.3 is 19.9 Å². The highest BCUT2D eigenvalue weighted by atomic mass is 32.2. The fraction of sp³-hybridized carbons (Fsp3) is 0.719. The number of carbonyl (C=O) groups excluding carboxylic acids is 3. The maximum absolute atomic E-state index is 14.7. The molecule has 1 atom stereocenters. The molecule has 3 amide bonds. The minimum Gasteiger partial charge on any atom is -0.444 e. The van der Waals surface area contributed by atoms with Gasteiger partial charge in [-0.2, -0.15) is 13.2 Å². The third-order valence-electron chi connectivity index (χ3n) is 8.64. The zero-order valence-electron chi connectivity index (χ0n) is 26.8. The molecule has 0 bridgehead atoms. The van der Waals surface area contributed by atoms with Crippen LogP contribution in [0, 0.1) is 0 Å². The first-order chi connectivity index (χ1) is 20.5. The maximum atomic E-state index is 14.7. The van der Waals surface area contributed by atoms with Gasteiger partial charge in [0.15, 0.2) is 0 Å². The van der Waals surface area contributed by atoms with E-state index in [1.165, 1.54) is 23.9 Å². The summed E-state index contributed by atoms with van der Waals surface area (Å²) in [5.41, 5.74) is -0.785. The minimum atomic E-state index is -4.59. The van der Waals surface area contributed by atoms with E-state index in [4.69, 9.17) is 4.74 Å². The van der Waals surface area contributed by atoms with Gasteiger partial charge >= 0.3 is 12.3 Å². The van der Waals surface area contributed by atoms with E-state index in [1.807, 2.05) is 18.7 Å². The standard InChI is InChI=1S/C32H47F3N4O4S/c1-7-27(40)36-14-16-38-25-17-22(24(32(33,34)35)18-26(25)44-31(28(38)41)12-8-9-13-31)19-39(21(2)3)23-11-10-15-37(20-23)29(42)43-30(4,5)6/h17-18,21,23H,7-16,19-20H2,1-6H3,(H,36,40)/t23-/m1/s1. The quantitative estimate of drug-likeness (QED) is 0.345. The molecule has 0 radical (unpaired) electrons. The Morgan fingerprint density at radius 2 is 1.84 bits per heavy atom. The fourth-order valence-electron chi connectivity index (χ4n) is 6.47. The Morgan fingerprint density at radius 1 is 1.16 bits per heavy atom. The van der Waals surface area contributed by atoms with E-state index in [9.17, 15) is 27.6 Å². The molecule has 8 nitrogen and oxygen atoms in total. The number of piperidine rings is 1. The first-order valence-corrected chi connectivity index (χ1v) is 16.6. The summed E-state index contributed by atoms with van der Waals surface area (Å²) < 4.78 is 48.9. The van der Waals surface area contributed by atoms with Crippen LogP contribution >= 0.6 is 11.8 Å². The number of nitrogens with one attached hydrogen (secondary N) is 1. The van der Waals surface area contributed by atoms with Crippen molar-refractivity contribution in [1.82, 2.24) is 15.1 Å². The molecule has 2 fully saturated rings. The van der Waals surface area contributed by atoms with Crippen molar-refractivity contribution in [3.8, 4) is 0 Å². The van der Waals surface area contributed by atoms with Crippen LogP contribution in [-0.2, 0) is 27.0 Å². The summed E-state index contributed by atoms with van der Waals surface area (Å²) in [4.78, 5) is 44.4. The summed E-state index contributed by atoms with van der Waals surface area (Å²) in [7, 11) is 0. The molecule has 0 aromatic heterocycles. The van der Waals surface area contributed by atoms with Gasteiger partial charge in [0.2, 0.25) is 11.8 Å². The summed E-state index contributed by atoms with van der Waals surface area (Å²) in [5, 5.41) is 2.81.